The molecule has 2 heterocycles. The number of rotatable bonds is 3. The van der Waals surface area contributed by atoms with Gasteiger partial charge in [0.1, 0.15) is 5.82 Å². The van der Waals surface area contributed by atoms with Gasteiger partial charge in [0.05, 0.1) is 6.04 Å². The van der Waals surface area contributed by atoms with E-state index in [9.17, 15) is 9.18 Å². The fourth-order valence-electron chi connectivity index (χ4n) is 4.01. The second-order valence-electron chi connectivity index (χ2n) is 7.14. The van der Waals surface area contributed by atoms with Crippen molar-refractivity contribution in [3.8, 4) is 12.8 Å². The highest BCUT2D eigenvalue weighted by atomic mass is 19.1. The second-order valence-corrected chi connectivity index (χ2v) is 7.14. The van der Waals surface area contributed by atoms with Gasteiger partial charge < -0.3 is 15.5 Å². The Labute approximate surface area is 166 Å². The van der Waals surface area contributed by atoms with Gasteiger partial charge in [0.2, 0.25) is 0 Å². The summed E-state index contributed by atoms with van der Waals surface area (Å²) >= 11 is 0. The minimum absolute atomic E-state index is 0.0410. The summed E-state index contributed by atoms with van der Waals surface area (Å²) in [7, 11) is 0. The van der Waals surface area contributed by atoms with Crippen LogP contribution in [0.1, 0.15) is 29.2 Å². The van der Waals surface area contributed by atoms with Crippen molar-refractivity contribution in [2.24, 2.45) is 5.92 Å². The zero-order chi connectivity index (χ0) is 19.9. The summed E-state index contributed by atoms with van der Waals surface area (Å²) in [6.45, 7) is 3.34. The Hall–Kier alpha value is -2.84. The number of fused-ring (bicyclic) bond motifs is 1. The lowest BCUT2D eigenvalue weighted by molar-refractivity contribution is 0.178. The number of halogens is 1. The van der Waals surface area contributed by atoms with Crippen molar-refractivity contribution in [1.82, 2.24) is 15.5 Å². The smallest absolute Gasteiger partial charge is 0.318 e. The normalized spacial score (nSPS) is 20.6. The van der Waals surface area contributed by atoms with Gasteiger partial charge in [-0.2, -0.15) is 0 Å². The molecule has 0 aliphatic carbocycles. The summed E-state index contributed by atoms with van der Waals surface area (Å²) in [5, 5.41) is 6.44. The van der Waals surface area contributed by atoms with Gasteiger partial charge in [0, 0.05) is 13.1 Å². The third kappa shape index (κ3) is 4.35. The van der Waals surface area contributed by atoms with E-state index in [-0.39, 0.29) is 17.9 Å². The molecule has 2 aromatic rings. The van der Waals surface area contributed by atoms with Gasteiger partial charge in [-0.05, 0) is 60.7 Å². The number of hydrogen-bond acceptors (Lipinski definition) is 2. The number of nitrogens with one attached hydrogen (secondary N) is 2. The van der Waals surface area contributed by atoms with Crippen LogP contribution < -0.4 is 10.6 Å². The van der Waals surface area contributed by atoms with Gasteiger partial charge in [-0.25, -0.2) is 9.18 Å². The molecule has 2 amide bonds. The van der Waals surface area contributed by atoms with Crippen LogP contribution in [0.4, 0.5) is 9.18 Å². The summed E-state index contributed by atoms with van der Waals surface area (Å²) in [5.74, 6) is 0.239. The first-order chi connectivity index (χ1) is 13.7. The van der Waals surface area contributed by atoms with Crippen molar-refractivity contribution in [1.29, 1.82) is 0 Å². The number of carbonyl (C=O) groups excluding carboxylic acids is 1. The maximum atomic E-state index is 13.4. The van der Waals surface area contributed by atoms with E-state index in [1.54, 1.807) is 12.1 Å². The Balaban J connectivity index is 0.00000109. The highest BCUT2D eigenvalue weighted by Gasteiger charge is 2.32. The van der Waals surface area contributed by atoms with Crippen LogP contribution in [0.2, 0.25) is 0 Å². The summed E-state index contributed by atoms with van der Waals surface area (Å²) in [6, 6.07) is 14.5. The predicted molar refractivity (Wildman–Crippen MR) is 109 cm³/mol. The molecule has 4 rings (SSSR count). The third-order valence-corrected chi connectivity index (χ3v) is 5.43. The van der Waals surface area contributed by atoms with E-state index in [0.717, 1.165) is 37.1 Å². The maximum Gasteiger partial charge on any atom is 0.318 e. The first-order valence-corrected chi connectivity index (χ1v) is 9.64. The molecule has 146 valence electrons. The van der Waals surface area contributed by atoms with Crippen molar-refractivity contribution < 1.29 is 9.18 Å². The average molecular weight is 379 g/mol. The van der Waals surface area contributed by atoms with Gasteiger partial charge in [0.15, 0.2) is 0 Å². The van der Waals surface area contributed by atoms with E-state index in [4.69, 9.17) is 0 Å². The third-order valence-electron chi connectivity index (χ3n) is 5.43. The summed E-state index contributed by atoms with van der Waals surface area (Å²) in [6.07, 6.45) is 9.94. The Kier molecular flexibility index (Phi) is 6.67. The molecule has 0 radical (unpaired) electrons. The van der Waals surface area contributed by atoms with Crippen LogP contribution in [0.3, 0.4) is 0 Å². The Morgan fingerprint density at radius 2 is 1.93 bits per heavy atom. The quantitative estimate of drug-likeness (QED) is 0.804. The van der Waals surface area contributed by atoms with Crippen molar-refractivity contribution in [2.75, 3.05) is 26.2 Å². The fourth-order valence-corrected chi connectivity index (χ4v) is 4.01. The van der Waals surface area contributed by atoms with Crippen molar-refractivity contribution in [3.63, 3.8) is 0 Å². The van der Waals surface area contributed by atoms with Crippen molar-refractivity contribution in [3.05, 3.63) is 71.0 Å². The second kappa shape index (κ2) is 9.38. The van der Waals surface area contributed by atoms with Crippen LogP contribution in [0.25, 0.3) is 0 Å². The number of benzene rings is 2. The molecule has 0 spiro atoms. The lowest BCUT2D eigenvalue weighted by Gasteiger charge is -2.38. The molecule has 2 aliphatic heterocycles. The lowest BCUT2D eigenvalue weighted by Crippen LogP contribution is -2.47. The van der Waals surface area contributed by atoms with Crippen LogP contribution in [0.15, 0.2) is 48.5 Å². The molecule has 4 nitrogen and oxygen atoms in total. The maximum absolute atomic E-state index is 13.4. The predicted octanol–water partition coefficient (Wildman–Crippen LogP) is 3.34. The van der Waals surface area contributed by atoms with Gasteiger partial charge in [-0.3, -0.25) is 0 Å². The first-order valence-electron chi connectivity index (χ1n) is 9.64. The van der Waals surface area contributed by atoms with Crippen LogP contribution >= 0.6 is 0 Å². The monoisotopic (exact) mass is 379 g/mol. The molecule has 0 saturated carbocycles. The summed E-state index contributed by atoms with van der Waals surface area (Å²) in [5.41, 5.74) is 3.32. The largest absolute Gasteiger partial charge is 0.338 e. The van der Waals surface area contributed by atoms with Crippen LogP contribution in [-0.4, -0.2) is 37.1 Å². The van der Waals surface area contributed by atoms with Crippen molar-refractivity contribution >= 4 is 6.03 Å². The van der Waals surface area contributed by atoms with Crippen molar-refractivity contribution in [2.45, 2.75) is 18.9 Å². The number of carbonyl (C=O) groups is 1. The molecule has 0 unspecified atom stereocenters. The highest BCUT2D eigenvalue weighted by molar-refractivity contribution is 5.76. The van der Waals surface area contributed by atoms with E-state index in [0.29, 0.717) is 19.0 Å². The highest BCUT2D eigenvalue weighted by Crippen LogP contribution is 2.35. The van der Waals surface area contributed by atoms with Gasteiger partial charge in [-0.15, -0.1) is 12.8 Å². The van der Waals surface area contributed by atoms with Gasteiger partial charge in [0.25, 0.3) is 0 Å². The summed E-state index contributed by atoms with van der Waals surface area (Å²) < 4.78 is 13.4. The molecule has 1 fully saturated rings. The molecular weight excluding hydrogens is 353 g/mol. The number of hydrogen-bond donors (Lipinski definition) is 2. The lowest BCUT2D eigenvalue weighted by atomic mass is 9.88. The van der Waals surface area contributed by atoms with E-state index in [1.807, 2.05) is 17.0 Å². The molecule has 2 N–H and O–H groups in total. The van der Waals surface area contributed by atoms with E-state index in [2.05, 4.69) is 35.6 Å². The van der Waals surface area contributed by atoms with E-state index in [1.165, 1.54) is 17.7 Å². The molecular formula is C23H26FN3O. The van der Waals surface area contributed by atoms with E-state index < -0.39 is 0 Å². The Morgan fingerprint density at radius 1 is 1.18 bits per heavy atom. The number of amides is 2. The topological polar surface area (TPSA) is 44.4 Å². The molecule has 2 aromatic carbocycles. The van der Waals surface area contributed by atoms with Gasteiger partial charge in [-0.1, -0.05) is 36.4 Å². The molecule has 5 heteroatoms. The average Bonchev–Trinajstić information content (AvgIpc) is 3.27. The molecule has 2 atom stereocenters. The SMILES string of the molecule is C#C.O=C(NC[C@@H]1CCNC1)N1CCc2ccccc2[C@@H]1c1ccc(F)cc1. The summed E-state index contributed by atoms with van der Waals surface area (Å²) in [4.78, 5) is 14.8. The van der Waals surface area contributed by atoms with Crippen LogP contribution in [0, 0.1) is 24.6 Å². The zero-order valence-corrected chi connectivity index (χ0v) is 15.9. The molecule has 1 saturated heterocycles. The van der Waals surface area contributed by atoms with Crippen LogP contribution in [0.5, 0.6) is 0 Å². The Morgan fingerprint density at radius 3 is 2.64 bits per heavy atom. The first kappa shape index (κ1) is 19.9. The number of urea groups is 1. The number of nitrogens with zero attached hydrogens (tertiary/aromatic N) is 1. The molecule has 2 aliphatic rings. The Bertz CT molecular complexity index is 812. The van der Waals surface area contributed by atoms with Crippen LogP contribution in [-0.2, 0) is 6.42 Å². The minimum atomic E-state index is -0.262. The molecule has 0 aromatic heterocycles. The molecule has 28 heavy (non-hydrogen) atoms. The number of terminal acetylenes is 1. The zero-order valence-electron chi connectivity index (χ0n) is 15.9. The van der Waals surface area contributed by atoms with Gasteiger partial charge >= 0.3 is 6.03 Å². The molecule has 0 bridgehead atoms. The standard InChI is InChI=1S/C21H24FN3O.C2H2/c22-18-7-5-17(6-8-18)20-19-4-2-1-3-16(19)10-12-25(20)21(26)24-14-15-9-11-23-13-15;1-2/h1-8,15,20,23H,9-14H2,(H,24,26);1-2H/t15-,20+;/m1./s1. The minimum Gasteiger partial charge on any atom is -0.338 e. The van der Waals surface area contributed by atoms with E-state index >= 15 is 0 Å². The fraction of sp³-hybridized carbons (Fsp3) is 0.348.